The molecule has 1 unspecified atom stereocenters. The number of amides is 1. The number of aryl methyl sites for hydroxylation is 1. The van der Waals surface area contributed by atoms with Crippen molar-refractivity contribution in [3.8, 4) is 11.5 Å². The second kappa shape index (κ2) is 6.70. The Bertz CT molecular complexity index is 923. The van der Waals surface area contributed by atoms with Gasteiger partial charge in [-0.3, -0.25) is 4.79 Å². The molecule has 0 saturated carbocycles. The monoisotopic (exact) mass is 355 g/mol. The van der Waals surface area contributed by atoms with Gasteiger partial charge in [0, 0.05) is 5.41 Å². The summed E-state index contributed by atoms with van der Waals surface area (Å²) in [5.74, 6) is 1.46. The molecule has 3 rings (SSSR count). The van der Waals surface area contributed by atoms with Crippen LogP contribution >= 0.6 is 0 Å². The molecule has 0 aliphatic heterocycles. The highest BCUT2D eigenvalue weighted by molar-refractivity contribution is 6.00. The Morgan fingerprint density at radius 1 is 1.12 bits per heavy atom. The molecule has 1 atom stereocenters. The topological polar surface area (TPSA) is 107 Å². The van der Waals surface area contributed by atoms with Crippen LogP contribution in [-0.4, -0.2) is 26.2 Å². The molecular weight excluding hydrogens is 334 g/mol. The summed E-state index contributed by atoms with van der Waals surface area (Å²) in [4.78, 5) is 21.3. The molecule has 0 aliphatic carbocycles. The second-order valence-corrected chi connectivity index (χ2v) is 7.09. The van der Waals surface area contributed by atoms with Gasteiger partial charge in [-0.25, -0.2) is 0 Å². The summed E-state index contributed by atoms with van der Waals surface area (Å²) in [6, 6.07) is 6.65. The van der Waals surface area contributed by atoms with Crippen LogP contribution in [0.4, 0.5) is 0 Å². The summed E-state index contributed by atoms with van der Waals surface area (Å²) < 4.78 is 10.5. The zero-order valence-corrected chi connectivity index (χ0v) is 15.4. The van der Waals surface area contributed by atoms with Crippen molar-refractivity contribution in [3.05, 3.63) is 47.4 Å². The molecule has 0 radical (unpaired) electrons. The van der Waals surface area contributed by atoms with E-state index >= 15 is 0 Å². The molecule has 8 heteroatoms. The van der Waals surface area contributed by atoms with E-state index in [4.69, 9.17) is 9.05 Å². The van der Waals surface area contributed by atoms with Crippen LogP contribution < -0.4 is 5.32 Å². The van der Waals surface area contributed by atoms with Gasteiger partial charge in [0.25, 0.3) is 11.8 Å². The van der Waals surface area contributed by atoms with Crippen LogP contribution in [0.3, 0.4) is 0 Å². The Balaban J connectivity index is 1.87. The van der Waals surface area contributed by atoms with Crippen LogP contribution in [-0.2, 0) is 5.41 Å². The maximum absolute atomic E-state index is 12.7. The molecular formula is C18H21N5O3. The van der Waals surface area contributed by atoms with E-state index in [2.05, 4.69) is 25.6 Å². The Hall–Kier alpha value is -3.03. The van der Waals surface area contributed by atoms with Gasteiger partial charge in [-0.05, 0) is 26.0 Å². The number of nitrogens with zero attached hydrogens (tertiary/aromatic N) is 4. The van der Waals surface area contributed by atoms with Gasteiger partial charge in [0.15, 0.2) is 11.6 Å². The lowest BCUT2D eigenvalue weighted by Gasteiger charge is -2.12. The summed E-state index contributed by atoms with van der Waals surface area (Å²) in [6.45, 7) is 9.48. The van der Waals surface area contributed by atoms with Crippen molar-refractivity contribution in [2.45, 2.75) is 46.1 Å². The van der Waals surface area contributed by atoms with E-state index in [0.29, 0.717) is 34.6 Å². The van der Waals surface area contributed by atoms with Gasteiger partial charge in [-0.2, -0.15) is 9.97 Å². The Morgan fingerprint density at radius 2 is 1.85 bits per heavy atom. The Labute approximate surface area is 151 Å². The molecule has 136 valence electrons. The Morgan fingerprint density at radius 3 is 2.46 bits per heavy atom. The molecule has 8 nitrogen and oxygen atoms in total. The summed E-state index contributed by atoms with van der Waals surface area (Å²) in [5.41, 5.74) is 0.755. The minimum Gasteiger partial charge on any atom is -0.340 e. The first-order chi connectivity index (χ1) is 12.3. The number of carbonyl (C=O) groups is 1. The molecule has 1 N–H and O–H groups in total. The normalized spacial score (nSPS) is 12.8. The lowest BCUT2D eigenvalue weighted by molar-refractivity contribution is 0.0933. The standard InChI is InChI=1S/C18H21N5O3/c1-10(15-20-11(2)22-25-15)19-14(24)12-8-6-7-9-13(12)16-21-17(23-26-16)18(3,4)5/h6-10H,1-5H3,(H,19,24). The lowest BCUT2D eigenvalue weighted by Crippen LogP contribution is -2.27. The van der Waals surface area contributed by atoms with Gasteiger partial charge in [0.1, 0.15) is 6.04 Å². The predicted octanol–water partition coefficient (Wildman–Crippen LogP) is 3.22. The third-order valence-electron chi connectivity index (χ3n) is 3.76. The highest BCUT2D eigenvalue weighted by atomic mass is 16.5. The molecule has 0 bridgehead atoms. The predicted molar refractivity (Wildman–Crippen MR) is 93.4 cm³/mol. The van der Waals surface area contributed by atoms with Crippen LogP contribution in [0.2, 0.25) is 0 Å². The molecule has 1 amide bonds. The van der Waals surface area contributed by atoms with Crippen molar-refractivity contribution in [1.29, 1.82) is 0 Å². The fraction of sp³-hybridized carbons (Fsp3) is 0.389. The highest BCUT2D eigenvalue weighted by Gasteiger charge is 2.24. The third-order valence-corrected chi connectivity index (χ3v) is 3.76. The Kier molecular flexibility index (Phi) is 4.58. The van der Waals surface area contributed by atoms with Crippen molar-refractivity contribution in [3.63, 3.8) is 0 Å². The van der Waals surface area contributed by atoms with Gasteiger partial charge in [-0.15, -0.1) is 0 Å². The van der Waals surface area contributed by atoms with E-state index in [1.807, 2.05) is 26.8 Å². The molecule has 2 aromatic heterocycles. The fourth-order valence-corrected chi connectivity index (χ4v) is 2.33. The number of hydrogen-bond acceptors (Lipinski definition) is 7. The van der Waals surface area contributed by atoms with Crippen molar-refractivity contribution in [2.75, 3.05) is 0 Å². The number of rotatable bonds is 4. The van der Waals surface area contributed by atoms with E-state index in [1.165, 1.54) is 0 Å². The van der Waals surface area contributed by atoms with E-state index in [-0.39, 0.29) is 11.3 Å². The van der Waals surface area contributed by atoms with Crippen molar-refractivity contribution in [2.24, 2.45) is 0 Å². The summed E-state index contributed by atoms with van der Waals surface area (Å²) in [5, 5.41) is 10.6. The molecule has 26 heavy (non-hydrogen) atoms. The maximum Gasteiger partial charge on any atom is 0.258 e. The quantitative estimate of drug-likeness (QED) is 0.765. The highest BCUT2D eigenvalue weighted by Crippen LogP contribution is 2.26. The number of nitrogens with one attached hydrogen (secondary N) is 1. The molecule has 3 aromatic rings. The minimum absolute atomic E-state index is 0.247. The summed E-state index contributed by atoms with van der Waals surface area (Å²) >= 11 is 0. The van der Waals surface area contributed by atoms with Gasteiger partial charge in [-0.1, -0.05) is 43.2 Å². The SMILES string of the molecule is Cc1noc(C(C)NC(=O)c2ccccc2-c2nc(C(C)(C)C)no2)n1. The zero-order chi connectivity index (χ0) is 18.9. The van der Waals surface area contributed by atoms with Crippen molar-refractivity contribution >= 4 is 5.91 Å². The van der Waals surface area contributed by atoms with Crippen LogP contribution in [0.25, 0.3) is 11.5 Å². The minimum atomic E-state index is -0.426. The van der Waals surface area contributed by atoms with E-state index in [9.17, 15) is 4.79 Å². The van der Waals surface area contributed by atoms with E-state index < -0.39 is 6.04 Å². The first-order valence-corrected chi connectivity index (χ1v) is 8.30. The summed E-state index contributed by atoms with van der Waals surface area (Å²) in [6.07, 6.45) is 0. The van der Waals surface area contributed by atoms with Crippen LogP contribution in [0.15, 0.2) is 33.3 Å². The van der Waals surface area contributed by atoms with Crippen LogP contribution in [0, 0.1) is 6.92 Å². The number of hydrogen-bond donors (Lipinski definition) is 1. The number of benzene rings is 1. The average molecular weight is 355 g/mol. The second-order valence-electron chi connectivity index (χ2n) is 7.09. The van der Waals surface area contributed by atoms with E-state index in [0.717, 1.165) is 0 Å². The van der Waals surface area contributed by atoms with Crippen LogP contribution in [0.5, 0.6) is 0 Å². The first-order valence-electron chi connectivity index (χ1n) is 8.30. The van der Waals surface area contributed by atoms with Gasteiger partial charge < -0.3 is 14.4 Å². The average Bonchev–Trinajstić information content (AvgIpc) is 3.23. The molecule has 0 saturated heterocycles. The smallest absolute Gasteiger partial charge is 0.258 e. The summed E-state index contributed by atoms with van der Waals surface area (Å²) in [7, 11) is 0. The van der Waals surface area contributed by atoms with Crippen LogP contribution in [0.1, 0.15) is 61.6 Å². The number of aromatic nitrogens is 4. The molecule has 2 heterocycles. The fourth-order valence-electron chi connectivity index (χ4n) is 2.33. The first kappa shape index (κ1) is 17.8. The maximum atomic E-state index is 12.7. The largest absolute Gasteiger partial charge is 0.340 e. The third kappa shape index (κ3) is 3.63. The molecule has 0 aliphatic rings. The van der Waals surface area contributed by atoms with Gasteiger partial charge in [0.05, 0.1) is 11.1 Å². The molecule has 1 aromatic carbocycles. The van der Waals surface area contributed by atoms with Crippen molar-refractivity contribution < 1.29 is 13.8 Å². The van der Waals surface area contributed by atoms with Gasteiger partial charge in [0.2, 0.25) is 5.89 Å². The van der Waals surface area contributed by atoms with E-state index in [1.54, 1.807) is 32.0 Å². The molecule has 0 fully saturated rings. The zero-order valence-electron chi connectivity index (χ0n) is 15.4. The van der Waals surface area contributed by atoms with Crippen molar-refractivity contribution in [1.82, 2.24) is 25.6 Å². The van der Waals surface area contributed by atoms with Gasteiger partial charge >= 0.3 is 0 Å². The number of carbonyl (C=O) groups excluding carboxylic acids is 1. The lowest BCUT2D eigenvalue weighted by atomic mass is 9.96. The molecule has 0 spiro atoms.